The van der Waals surface area contributed by atoms with Crippen LogP contribution < -0.4 is 15.0 Å². The fourth-order valence-electron chi connectivity index (χ4n) is 2.83. The van der Waals surface area contributed by atoms with E-state index in [1.807, 2.05) is 13.8 Å². The maximum atomic E-state index is 13.0. The predicted octanol–water partition coefficient (Wildman–Crippen LogP) is 5.66. The van der Waals surface area contributed by atoms with Crippen LogP contribution in [0.2, 0.25) is 15.1 Å². The molecule has 0 radical (unpaired) electrons. The Hall–Kier alpha value is -2.54. The van der Waals surface area contributed by atoms with Crippen LogP contribution in [0, 0.1) is 12.8 Å². The number of halogens is 3. The fraction of sp³-hybridized carbons (Fsp3) is 0.227. The highest BCUT2D eigenvalue weighted by Crippen LogP contribution is 2.35. The van der Waals surface area contributed by atoms with E-state index in [0.29, 0.717) is 22.9 Å². The first-order valence-corrected chi connectivity index (χ1v) is 10.5. The summed E-state index contributed by atoms with van der Waals surface area (Å²) in [5.41, 5.74) is 1.18. The van der Waals surface area contributed by atoms with Crippen LogP contribution in [0.15, 0.2) is 35.9 Å². The lowest BCUT2D eigenvalue weighted by Crippen LogP contribution is -2.54. The Morgan fingerprint density at radius 1 is 1.03 bits per heavy atom. The molecule has 162 valence electrons. The number of aryl methyl sites for hydroxylation is 1. The van der Waals surface area contributed by atoms with E-state index < -0.39 is 17.8 Å². The van der Waals surface area contributed by atoms with Crippen molar-refractivity contribution >= 4 is 64.4 Å². The first-order chi connectivity index (χ1) is 14.6. The van der Waals surface area contributed by atoms with Gasteiger partial charge in [-0.05, 0) is 54.3 Å². The van der Waals surface area contributed by atoms with Crippen LogP contribution in [-0.2, 0) is 9.59 Å². The number of imide groups is 2. The molecule has 1 saturated heterocycles. The van der Waals surface area contributed by atoms with Crippen LogP contribution in [0.25, 0.3) is 6.08 Å². The highest BCUT2D eigenvalue weighted by molar-refractivity contribution is 6.40. The second-order valence-corrected chi connectivity index (χ2v) is 8.63. The van der Waals surface area contributed by atoms with Gasteiger partial charge in [0, 0.05) is 5.02 Å². The summed E-state index contributed by atoms with van der Waals surface area (Å²) in [4.78, 5) is 38.6. The second kappa shape index (κ2) is 9.30. The Balaban J connectivity index is 1.97. The third-order valence-electron chi connectivity index (χ3n) is 4.41. The highest BCUT2D eigenvalue weighted by atomic mass is 35.5. The van der Waals surface area contributed by atoms with Crippen LogP contribution in [0.3, 0.4) is 0 Å². The Labute approximate surface area is 194 Å². The van der Waals surface area contributed by atoms with Gasteiger partial charge in [0.05, 0.1) is 22.3 Å². The van der Waals surface area contributed by atoms with Crippen molar-refractivity contribution in [3.05, 3.63) is 62.1 Å². The molecule has 0 unspecified atom stereocenters. The predicted molar refractivity (Wildman–Crippen MR) is 122 cm³/mol. The molecule has 0 aliphatic carbocycles. The zero-order chi connectivity index (χ0) is 22.9. The van der Waals surface area contributed by atoms with Crippen LogP contribution >= 0.6 is 34.8 Å². The smallest absolute Gasteiger partial charge is 0.335 e. The van der Waals surface area contributed by atoms with Crippen molar-refractivity contribution in [1.82, 2.24) is 5.32 Å². The fourth-order valence-corrected chi connectivity index (χ4v) is 3.62. The summed E-state index contributed by atoms with van der Waals surface area (Å²) >= 11 is 18.7. The van der Waals surface area contributed by atoms with Gasteiger partial charge in [-0.2, -0.15) is 0 Å². The van der Waals surface area contributed by atoms with Gasteiger partial charge in [-0.3, -0.25) is 14.9 Å². The SMILES string of the molecule is Cc1ccc(N2C(=O)NC(=O)/C(=C\c3cc(Cl)c(OCC(C)C)c(Cl)c3)C2=O)cc1Cl. The molecule has 1 aliphatic heterocycles. The van der Waals surface area contributed by atoms with E-state index in [-0.39, 0.29) is 27.2 Å². The van der Waals surface area contributed by atoms with Crippen LogP contribution in [0.5, 0.6) is 5.75 Å². The summed E-state index contributed by atoms with van der Waals surface area (Å²) in [5, 5.41) is 3.02. The number of urea groups is 1. The third kappa shape index (κ3) is 5.03. The van der Waals surface area contributed by atoms with Gasteiger partial charge in [-0.1, -0.05) is 54.7 Å². The van der Waals surface area contributed by atoms with Gasteiger partial charge in [0.2, 0.25) is 0 Å². The lowest BCUT2D eigenvalue weighted by Gasteiger charge is -2.26. The molecule has 1 heterocycles. The molecule has 1 fully saturated rings. The number of hydrogen-bond acceptors (Lipinski definition) is 4. The zero-order valence-corrected chi connectivity index (χ0v) is 19.2. The second-order valence-electron chi connectivity index (χ2n) is 7.41. The molecular formula is C22H19Cl3N2O4. The van der Waals surface area contributed by atoms with E-state index in [1.54, 1.807) is 19.1 Å². The number of rotatable bonds is 5. The van der Waals surface area contributed by atoms with Crippen molar-refractivity contribution in [1.29, 1.82) is 0 Å². The Kier molecular flexibility index (Phi) is 6.94. The molecule has 4 amide bonds. The largest absolute Gasteiger partial charge is 0.490 e. The van der Waals surface area contributed by atoms with E-state index in [4.69, 9.17) is 39.5 Å². The minimum absolute atomic E-state index is 0.238. The van der Waals surface area contributed by atoms with Crippen molar-refractivity contribution in [2.45, 2.75) is 20.8 Å². The summed E-state index contributed by atoms with van der Waals surface area (Å²) in [5.74, 6) is -1.01. The van der Waals surface area contributed by atoms with Crippen LogP contribution in [-0.4, -0.2) is 24.5 Å². The molecule has 1 aliphatic rings. The molecule has 3 rings (SSSR count). The minimum atomic E-state index is -0.861. The lowest BCUT2D eigenvalue weighted by atomic mass is 10.1. The van der Waals surface area contributed by atoms with Crippen molar-refractivity contribution in [3.63, 3.8) is 0 Å². The van der Waals surface area contributed by atoms with Crippen molar-refractivity contribution in [3.8, 4) is 5.75 Å². The van der Waals surface area contributed by atoms with Gasteiger partial charge >= 0.3 is 6.03 Å². The Morgan fingerprint density at radius 3 is 2.26 bits per heavy atom. The van der Waals surface area contributed by atoms with E-state index >= 15 is 0 Å². The average Bonchev–Trinajstić information content (AvgIpc) is 2.67. The molecule has 0 aromatic heterocycles. The maximum absolute atomic E-state index is 13.0. The Morgan fingerprint density at radius 2 is 1.68 bits per heavy atom. The van der Waals surface area contributed by atoms with Gasteiger partial charge < -0.3 is 4.74 Å². The highest BCUT2D eigenvalue weighted by Gasteiger charge is 2.37. The molecule has 31 heavy (non-hydrogen) atoms. The zero-order valence-electron chi connectivity index (χ0n) is 17.0. The number of carbonyl (C=O) groups is 3. The summed E-state index contributed by atoms with van der Waals surface area (Å²) in [6.07, 6.45) is 1.32. The quantitative estimate of drug-likeness (QED) is 0.442. The van der Waals surface area contributed by atoms with Gasteiger partial charge in [-0.15, -0.1) is 0 Å². The minimum Gasteiger partial charge on any atom is -0.490 e. The summed E-state index contributed by atoms with van der Waals surface area (Å²) < 4.78 is 5.63. The standard InChI is InChI=1S/C22H19Cl3N2O4/c1-11(2)10-31-19-17(24)7-13(8-18(19)25)6-15-20(28)26-22(30)27(21(15)29)14-5-4-12(3)16(23)9-14/h4-9,11H,10H2,1-3H3,(H,26,28,30)/b15-6+. The molecule has 6 nitrogen and oxygen atoms in total. The molecule has 0 atom stereocenters. The van der Waals surface area contributed by atoms with E-state index in [2.05, 4.69) is 5.32 Å². The molecule has 0 spiro atoms. The first-order valence-electron chi connectivity index (χ1n) is 9.38. The molecule has 0 saturated carbocycles. The van der Waals surface area contributed by atoms with E-state index in [0.717, 1.165) is 10.5 Å². The molecule has 2 aromatic carbocycles. The number of benzene rings is 2. The number of anilines is 1. The first kappa shape index (κ1) is 23.1. The van der Waals surface area contributed by atoms with E-state index in [1.165, 1.54) is 24.3 Å². The number of nitrogens with one attached hydrogen (secondary N) is 1. The molecule has 0 bridgehead atoms. The number of barbiturate groups is 1. The van der Waals surface area contributed by atoms with E-state index in [9.17, 15) is 14.4 Å². The summed E-state index contributed by atoms with van der Waals surface area (Å²) in [7, 11) is 0. The van der Waals surface area contributed by atoms with Crippen molar-refractivity contribution < 1.29 is 19.1 Å². The lowest BCUT2D eigenvalue weighted by molar-refractivity contribution is -0.122. The number of hydrogen-bond donors (Lipinski definition) is 1. The van der Waals surface area contributed by atoms with Crippen LogP contribution in [0.4, 0.5) is 10.5 Å². The molecular weight excluding hydrogens is 463 g/mol. The van der Waals surface area contributed by atoms with Crippen molar-refractivity contribution in [2.24, 2.45) is 5.92 Å². The maximum Gasteiger partial charge on any atom is 0.335 e. The van der Waals surface area contributed by atoms with Crippen molar-refractivity contribution in [2.75, 3.05) is 11.5 Å². The normalized spacial score (nSPS) is 15.6. The number of nitrogens with zero attached hydrogens (tertiary/aromatic N) is 1. The Bertz CT molecular complexity index is 1090. The number of amides is 4. The van der Waals surface area contributed by atoms with Gasteiger partial charge in [0.25, 0.3) is 11.8 Å². The molecule has 9 heteroatoms. The number of ether oxygens (including phenoxy) is 1. The monoisotopic (exact) mass is 480 g/mol. The average molecular weight is 482 g/mol. The summed E-state index contributed by atoms with van der Waals surface area (Å²) in [6.45, 7) is 6.20. The van der Waals surface area contributed by atoms with Crippen LogP contribution in [0.1, 0.15) is 25.0 Å². The topological polar surface area (TPSA) is 75.7 Å². The molecule has 2 aromatic rings. The third-order valence-corrected chi connectivity index (χ3v) is 5.38. The van der Waals surface area contributed by atoms with Gasteiger partial charge in [0.1, 0.15) is 5.57 Å². The van der Waals surface area contributed by atoms with Gasteiger partial charge in [-0.25, -0.2) is 9.69 Å². The molecule has 1 N–H and O–H groups in total. The number of carbonyl (C=O) groups excluding carboxylic acids is 3. The summed E-state index contributed by atoms with van der Waals surface area (Å²) in [6, 6.07) is 6.92. The van der Waals surface area contributed by atoms with Gasteiger partial charge in [0.15, 0.2) is 5.75 Å².